The molecule has 2 atom stereocenters. The van der Waals surface area contributed by atoms with E-state index in [0.29, 0.717) is 11.3 Å². The number of rotatable bonds is 6. The first kappa shape index (κ1) is 21.5. The number of amides is 2. The Balaban J connectivity index is 1.78. The average Bonchev–Trinajstić information content (AvgIpc) is 3.01. The average molecular weight is 459 g/mol. The molecule has 1 saturated heterocycles. The Morgan fingerprint density at radius 2 is 2.17 bits per heavy atom. The van der Waals surface area contributed by atoms with Crippen LogP contribution in [-0.2, 0) is 23.9 Å². The highest BCUT2D eigenvalue weighted by Crippen LogP contribution is 2.40. The zero-order valence-corrected chi connectivity index (χ0v) is 16.8. The van der Waals surface area contributed by atoms with Crippen molar-refractivity contribution in [3.8, 4) is 0 Å². The van der Waals surface area contributed by atoms with Crippen LogP contribution >= 0.6 is 23.1 Å². The highest BCUT2D eigenvalue weighted by Gasteiger charge is 2.54. The van der Waals surface area contributed by atoms with Gasteiger partial charge in [-0.1, -0.05) is 16.5 Å². The van der Waals surface area contributed by atoms with E-state index < -0.39 is 51.7 Å². The number of fused-ring (bicyclic) bond motifs is 1. The zero-order valence-electron chi connectivity index (χ0n) is 15.1. The van der Waals surface area contributed by atoms with E-state index in [1.54, 1.807) is 0 Å². The summed E-state index contributed by atoms with van der Waals surface area (Å²) < 4.78 is 18.6. The van der Waals surface area contributed by atoms with E-state index in [9.17, 15) is 28.7 Å². The second-order valence-corrected chi connectivity index (χ2v) is 8.11. The van der Waals surface area contributed by atoms with Gasteiger partial charge in [0.1, 0.15) is 29.4 Å². The SMILES string of the molecule is CC(=O)OCC1=C(C(=O)O)N2C(=O)[C@@H](NC(=O)C(=NO)c3nc(N)sc3F)[C@H]2SC1. The summed E-state index contributed by atoms with van der Waals surface area (Å²) in [7, 11) is 0. The summed E-state index contributed by atoms with van der Waals surface area (Å²) in [6, 6.07) is -1.15. The lowest BCUT2D eigenvalue weighted by atomic mass is 10.0. The Labute approximate surface area is 175 Å². The predicted molar refractivity (Wildman–Crippen MR) is 101 cm³/mol. The van der Waals surface area contributed by atoms with Crippen LogP contribution in [0, 0.1) is 5.13 Å². The number of thiazole rings is 1. The van der Waals surface area contributed by atoms with Gasteiger partial charge in [0.2, 0.25) is 5.13 Å². The van der Waals surface area contributed by atoms with Gasteiger partial charge in [0.25, 0.3) is 11.8 Å². The Hall–Kier alpha value is -3.20. The summed E-state index contributed by atoms with van der Waals surface area (Å²) in [5.74, 6) is -3.70. The molecule has 2 amide bonds. The van der Waals surface area contributed by atoms with Crippen molar-refractivity contribution in [3.63, 3.8) is 0 Å². The van der Waals surface area contributed by atoms with Gasteiger partial charge in [-0.25, -0.2) is 9.78 Å². The van der Waals surface area contributed by atoms with Crippen LogP contribution in [0.5, 0.6) is 0 Å². The second-order valence-electron chi connectivity index (χ2n) is 6.02. The number of aliphatic carboxylic acids is 1. The van der Waals surface area contributed by atoms with Gasteiger partial charge < -0.3 is 26.1 Å². The first-order valence-electron chi connectivity index (χ1n) is 8.14. The summed E-state index contributed by atoms with van der Waals surface area (Å²) in [5, 5.41) is 21.7. The topological polar surface area (TPSA) is 185 Å². The number of hydrogen-bond donors (Lipinski definition) is 4. The monoisotopic (exact) mass is 459 g/mol. The van der Waals surface area contributed by atoms with Crippen LogP contribution in [0.1, 0.15) is 12.6 Å². The molecule has 5 N–H and O–H groups in total. The van der Waals surface area contributed by atoms with Gasteiger partial charge >= 0.3 is 11.9 Å². The molecular formula is C15H14FN5O7S2. The van der Waals surface area contributed by atoms with Crippen LogP contribution in [0.25, 0.3) is 0 Å². The van der Waals surface area contributed by atoms with Crippen LogP contribution in [0.15, 0.2) is 16.4 Å². The number of halogens is 1. The molecule has 0 unspecified atom stereocenters. The van der Waals surface area contributed by atoms with Crippen LogP contribution in [0.4, 0.5) is 9.52 Å². The number of esters is 1. The lowest BCUT2D eigenvalue weighted by Crippen LogP contribution is -2.71. The maximum absolute atomic E-state index is 13.8. The second kappa shape index (κ2) is 8.27. The molecule has 2 aliphatic heterocycles. The summed E-state index contributed by atoms with van der Waals surface area (Å²) >= 11 is 1.58. The maximum Gasteiger partial charge on any atom is 0.352 e. The number of oxime groups is 1. The number of nitrogens with one attached hydrogen (secondary N) is 1. The fourth-order valence-corrected chi connectivity index (χ4v) is 4.74. The third-order valence-corrected chi connectivity index (χ3v) is 6.14. The molecule has 160 valence electrons. The van der Waals surface area contributed by atoms with Crippen molar-refractivity contribution in [1.82, 2.24) is 15.2 Å². The summed E-state index contributed by atoms with van der Waals surface area (Å²) in [5.41, 5.74) is 3.91. The van der Waals surface area contributed by atoms with Crippen LogP contribution in [0.3, 0.4) is 0 Å². The molecule has 0 aromatic carbocycles. The Bertz CT molecular complexity index is 1010. The zero-order chi connectivity index (χ0) is 22.2. The molecule has 15 heteroatoms. The number of anilines is 1. The molecular weight excluding hydrogens is 445 g/mol. The molecule has 0 radical (unpaired) electrons. The van der Waals surface area contributed by atoms with Gasteiger partial charge in [-0.05, 0) is 0 Å². The van der Waals surface area contributed by atoms with Gasteiger partial charge in [0.05, 0.1) is 0 Å². The summed E-state index contributed by atoms with van der Waals surface area (Å²) in [6.07, 6.45) is 0. The smallest absolute Gasteiger partial charge is 0.352 e. The van der Waals surface area contributed by atoms with E-state index in [1.807, 2.05) is 0 Å². The molecule has 0 spiro atoms. The number of thioether (sulfide) groups is 1. The van der Waals surface area contributed by atoms with E-state index in [-0.39, 0.29) is 28.8 Å². The van der Waals surface area contributed by atoms with Gasteiger partial charge in [-0.3, -0.25) is 19.3 Å². The molecule has 3 rings (SSSR count). The van der Waals surface area contributed by atoms with E-state index in [2.05, 4.69) is 15.5 Å². The van der Waals surface area contributed by atoms with Crippen molar-refractivity contribution >= 4 is 57.7 Å². The molecule has 2 aliphatic rings. The van der Waals surface area contributed by atoms with Gasteiger partial charge in [-0.2, -0.15) is 4.39 Å². The molecule has 1 aromatic heterocycles. The lowest BCUT2D eigenvalue weighted by molar-refractivity contribution is -0.150. The third-order valence-electron chi connectivity index (χ3n) is 4.13. The van der Waals surface area contributed by atoms with E-state index in [1.165, 1.54) is 6.92 Å². The molecule has 0 bridgehead atoms. The van der Waals surface area contributed by atoms with Crippen LogP contribution in [0.2, 0.25) is 0 Å². The first-order valence-corrected chi connectivity index (χ1v) is 10.0. The highest BCUT2D eigenvalue weighted by molar-refractivity contribution is 8.00. The molecule has 1 aromatic rings. The number of nitrogen functional groups attached to an aromatic ring is 1. The third kappa shape index (κ3) is 3.80. The number of carboxylic acids is 1. The highest BCUT2D eigenvalue weighted by atomic mass is 32.2. The standard InChI is InChI=1S/C15H14FN5O7S2/c1-4(22)28-2-5-3-29-13-8(12(24)21(13)9(5)14(25)26)18-11(23)7(20-27)6-10(16)30-15(17)19-6/h8,13,27H,2-3H2,1H3,(H2,17,19)(H,18,23)(H,25,26)/t8-,13-/m1/s1. The number of carboxylic acid groups (broad SMARTS) is 1. The first-order chi connectivity index (χ1) is 14.1. The van der Waals surface area contributed by atoms with Crippen LogP contribution in [-0.4, -0.2) is 73.4 Å². The van der Waals surface area contributed by atoms with E-state index >= 15 is 0 Å². The molecule has 30 heavy (non-hydrogen) atoms. The van der Waals surface area contributed by atoms with Crippen molar-refractivity contribution in [3.05, 3.63) is 22.1 Å². The van der Waals surface area contributed by atoms with Gasteiger partial charge in [-0.15, -0.1) is 11.8 Å². The van der Waals surface area contributed by atoms with Crippen molar-refractivity contribution in [2.75, 3.05) is 18.1 Å². The number of carbonyl (C=O) groups excluding carboxylic acids is 3. The van der Waals surface area contributed by atoms with Gasteiger partial charge in [0, 0.05) is 18.2 Å². The minimum absolute atomic E-state index is 0.133. The minimum atomic E-state index is -1.39. The number of hydrogen-bond acceptors (Lipinski definition) is 11. The quantitative estimate of drug-likeness (QED) is 0.140. The van der Waals surface area contributed by atoms with E-state index in [0.717, 1.165) is 16.7 Å². The summed E-state index contributed by atoms with van der Waals surface area (Å²) in [4.78, 5) is 52.1. The van der Waals surface area contributed by atoms with Gasteiger partial charge in [0.15, 0.2) is 10.8 Å². The number of β-lactam (4-membered cyclic amide) rings is 1. The minimum Gasteiger partial charge on any atom is -0.477 e. The van der Waals surface area contributed by atoms with Crippen molar-refractivity contribution < 1.29 is 38.6 Å². The maximum atomic E-state index is 13.8. The fourth-order valence-electron chi connectivity index (χ4n) is 2.86. The Morgan fingerprint density at radius 3 is 2.70 bits per heavy atom. The van der Waals surface area contributed by atoms with Crippen molar-refractivity contribution in [2.45, 2.75) is 18.3 Å². The normalized spacial score (nSPS) is 21.1. The van der Waals surface area contributed by atoms with E-state index in [4.69, 9.17) is 15.7 Å². The molecule has 1 fully saturated rings. The number of aromatic nitrogens is 1. The number of nitrogens with zero attached hydrogens (tertiary/aromatic N) is 3. The summed E-state index contributed by atoms with van der Waals surface area (Å²) in [6.45, 7) is 0.878. The Kier molecular flexibility index (Phi) is 5.93. The number of nitrogens with two attached hydrogens (primary N) is 1. The molecule has 3 heterocycles. The fraction of sp³-hybridized carbons (Fsp3) is 0.333. The predicted octanol–water partition coefficient (Wildman–Crippen LogP) is -0.656. The molecule has 12 nitrogen and oxygen atoms in total. The molecule has 0 aliphatic carbocycles. The van der Waals surface area contributed by atoms with Crippen LogP contribution < -0.4 is 11.1 Å². The number of ether oxygens (including phenoxy) is 1. The van der Waals surface area contributed by atoms with Crippen molar-refractivity contribution in [2.24, 2.45) is 5.16 Å². The lowest BCUT2D eigenvalue weighted by Gasteiger charge is -2.49. The largest absolute Gasteiger partial charge is 0.477 e. The number of carbonyl (C=O) groups is 4. The van der Waals surface area contributed by atoms with Crippen molar-refractivity contribution in [1.29, 1.82) is 0 Å². The Morgan fingerprint density at radius 1 is 1.47 bits per heavy atom. The molecule has 0 saturated carbocycles.